The maximum absolute atomic E-state index is 10.9. The number of anilines is 1. The lowest BCUT2D eigenvalue weighted by atomic mass is 10.4. The van der Waals surface area contributed by atoms with Crippen LogP contribution in [0.4, 0.5) is 5.82 Å². The Morgan fingerprint density at radius 1 is 1.41 bits per heavy atom. The fourth-order valence-corrected chi connectivity index (χ4v) is 2.00. The molecule has 0 bridgehead atoms. The van der Waals surface area contributed by atoms with Gasteiger partial charge in [0.05, 0.1) is 6.54 Å². The molecule has 0 spiro atoms. The van der Waals surface area contributed by atoms with Gasteiger partial charge < -0.3 is 10.2 Å². The Labute approximate surface area is 101 Å². The topological polar surface area (TPSA) is 58.1 Å². The minimum absolute atomic E-state index is 0.0576. The molecule has 0 atom stereocenters. The van der Waals surface area contributed by atoms with Gasteiger partial charge in [0.1, 0.15) is 11.6 Å². The van der Waals surface area contributed by atoms with Crippen LogP contribution < -0.4 is 10.2 Å². The predicted octanol–water partition coefficient (Wildman–Crippen LogP) is 1.02. The molecule has 0 unspecified atom stereocenters. The standard InChI is InChI=1S/C12H18N4O/c1-9-7-12(16-5-3-4-6-16)15-11(14-9)8-13-10(2)17/h7H,3-6,8H2,1-2H3,(H,13,17). The molecule has 0 saturated carbocycles. The lowest BCUT2D eigenvalue weighted by Crippen LogP contribution is -2.23. The van der Waals surface area contributed by atoms with Gasteiger partial charge in [-0.2, -0.15) is 0 Å². The highest BCUT2D eigenvalue weighted by atomic mass is 16.1. The number of aryl methyl sites for hydroxylation is 1. The lowest BCUT2D eigenvalue weighted by Gasteiger charge is -2.17. The molecule has 0 aliphatic carbocycles. The molecule has 2 heterocycles. The number of rotatable bonds is 3. The molecule has 1 N–H and O–H groups in total. The maximum atomic E-state index is 10.9. The van der Waals surface area contributed by atoms with Gasteiger partial charge in [0.25, 0.3) is 0 Å². The van der Waals surface area contributed by atoms with E-state index in [1.54, 1.807) is 0 Å². The summed E-state index contributed by atoms with van der Waals surface area (Å²) in [7, 11) is 0. The van der Waals surface area contributed by atoms with Crippen LogP contribution in [0.1, 0.15) is 31.3 Å². The second kappa shape index (κ2) is 5.12. The van der Waals surface area contributed by atoms with Gasteiger partial charge in [-0.15, -0.1) is 0 Å². The quantitative estimate of drug-likeness (QED) is 0.848. The average molecular weight is 234 g/mol. The number of aromatic nitrogens is 2. The summed E-state index contributed by atoms with van der Waals surface area (Å²) in [5.74, 6) is 1.61. The van der Waals surface area contributed by atoms with Gasteiger partial charge in [-0.1, -0.05) is 0 Å². The van der Waals surface area contributed by atoms with Crippen LogP contribution in [0, 0.1) is 6.92 Å². The smallest absolute Gasteiger partial charge is 0.217 e. The van der Waals surface area contributed by atoms with Crippen molar-refractivity contribution in [1.82, 2.24) is 15.3 Å². The first kappa shape index (κ1) is 11.8. The van der Waals surface area contributed by atoms with Gasteiger partial charge in [0.15, 0.2) is 0 Å². The Morgan fingerprint density at radius 3 is 2.76 bits per heavy atom. The van der Waals surface area contributed by atoms with Crippen LogP contribution in [-0.2, 0) is 11.3 Å². The lowest BCUT2D eigenvalue weighted by molar-refractivity contribution is -0.119. The molecule has 1 aromatic heterocycles. The zero-order valence-corrected chi connectivity index (χ0v) is 10.4. The number of hydrogen-bond acceptors (Lipinski definition) is 4. The predicted molar refractivity (Wildman–Crippen MR) is 65.7 cm³/mol. The first-order valence-electron chi connectivity index (χ1n) is 5.99. The van der Waals surface area contributed by atoms with Crippen molar-refractivity contribution in [1.29, 1.82) is 0 Å². The summed E-state index contributed by atoms with van der Waals surface area (Å²) in [6.07, 6.45) is 2.45. The van der Waals surface area contributed by atoms with E-state index >= 15 is 0 Å². The van der Waals surface area contributed by atoms with E-state index in [2.05, 4.69) is 20.2 Å². The summed E-state index contributed by atoms with van der Waals surface area (Å²) < 4.78 is 0. The SMILES string of the molecule is CC(=O)NCc1nc(C)cc(N2CCCC2)n1. The van der Waals surface area contributed by atoms with Crippen molar-refractivity contribution in [3.05, 3.63) is 17.6 Å². The van der Waals surface area contributed by atoms with Crippen LogP contribution in [0.5, 0.6) is 0 Å². The molecular formula is C12H18N4O. The molecule has 1 saturated heterocycles. The van der Waals surface area contributed by atoms with Crippen molar-refractivity contribution >= 4 is 11.7 Å². The van der Waals surface area contributed by atoms with Crippen molar-refractivity contribution in [3.8, 4) is 0 Å². The van der Waals surface area contributed by atoms with E-state index in [0.29, 0.717) is 12.4 Å². The monoisotopic (exact) mass is 234 g/mol. The van der Waals surface area contributed by atoms with Crippen molar-refractivity contribution in [2.45, 2.75) is 33.2 Å². The van der Waals surface area contributed by atoms with Crippen LogP contribution >= 0.6 is 0 Å². The molecule has 17 heavy (non-hydrogen) atoms. The van der Waals surface area contributed by atoms with Gasteiger partial charge in [-0.3, -0.25) is 4.79 Å². The van der Waals surface area contributed by atoms with E-state index < -0.39 is 0 Å². The van der Waals surface area contributed by atoms with E-state index in [4.69, 9.17) is 0 Å². The summed E-state index contributed by atoms with van der Waals surface area (Å²) in [6.45, 7) is 5.99. The summed E-state index contributed by atoms with van der Waals surface area (Å²) >= 11 is 0. The Kier molecular flexibility index (Phi) is 3.56. The third kappa shape index (κ3) is 3.15. The molecular weight excluding hydrogens is 216 g/mol. The largest absolute Gasteiger partial charge is 0.357 e. The van der Waals surface area contributed by atoms with E-state index in [-0.39, 0.29) is 5.91 Å². The fraction of sp³-hybridized carbons (Fsp3) is 0.583. The Bertz CT molecular complexity index is 413. The van der Waals surface area contributed by atoms with Crippen LogP contribution in [0.3, 0.4) is 0 Å². The molecule has 5 heteroatoms. The highest BCUT2D eigenvalue weighted by Crippen LogP contribution is 2.18. The summed E-state index contributed by atoms with van der Waals surface area (Å²) in [4.78, 5) is 21.9. The van der Waals surface area contributed by atoms with Crippen molar-refractivity contribution in [2.24, 2.45) is 0 Å². The zero-order valence-electron chi connectivity index (χ0n) is 10.4. The normalized spacial score (nSPS) is 15.1. The summed E-state index contributed by atoms with van der Waals surface area (Å²) in [6, 6.07) is 2.00. The maximum Gasteiger partial charge on any atom is 0.217 e. The van der Waals surface area contributed by atoms with Crippen molar-refractivity contribution < 1.29 is 4.79 Å². The molecule has 1 aliphatic heterocycles. The second-order valence-electron chi connectivity index (χ2n) is 4.39. The number of hydrogen-bond donors (Lipinski definition) is 1. The number of carbonyl (C=O) groups excluding carboxylic acids is 1. The number of nitrogens with one attached hydrogen (secondary N) is 1. The highest BCUT2D eigenvalue weighted by molar-refractivity contribution is 5.72. The molecule has 5 nitrogen and oxygen atoms in total. The minimum atomic E-state index is -0.0576. The second-order valence-corrected chi connectivity index (χ2v) is 4.39. The third-order valence-electron chi connectivity index (χ3n) is 2.81. The van der Waals surface area contributed by atoms with Crippen LogP contribution in [0.25, 0.3) is 0 Å². The van der Waals surface area contributed by atoms with Gasteiger partial charge >= 0.3 is 0 Å². The van der Waals surface area contributed by atoms with Crippen LogP contribution in [0.2, 0.25) is 0 Å². The number of carbonyl (C=O) groups is 1. The summed E-state index contributed by atoms with van der Waals surface area (Å²) in [5.41, 5.74) is 0.947. The number of nitrogens with zero attached hydrogens (tertiary/aromatic N) is 3. The molecule has 92 valence electrons. The van der Waals surface area contributed by atoms with E-state index in [0.717, 1.165) is 24.6 Å². The van der Waals surface area contributed by atoms with Crippen molar-refractivity contribution in [3.63, 3.8) is 0 Å². The van der Waals surface area contributed by atoms with Crippen LogP contribution in [0.15, 0.2) is 6.07 Å². The van der Waals surface area contributed by atoms with Crippen molar-refractivity contribution in [2.75, 3.05) is 18.0 Å². The molecule has 1 amide bonds. The van der Waals surface area contributed by atoms with Gasteiger partial charge in [0.2, 0.25) is 5.91 Å². The third-order valence-corrected chi connectivity index (χ3v) is 2.81. The first-order valence-corrected chi connectivity index (χ1v) is 5.99. The molecule has 0 radical (unpaired) electrons. The van der Waals surface area contributed by atoms with Gasteiger partial charge in [-0.25, -0.2) is 9.97 Å². The molecule has 1 aliphatic rings. The molecule has 2 rings (SSSR count). The highest BCUT2D eigenvalue weighted by Gasteiger charge is 2.14. The van der Waals surface area contributed by atoms with E-state index in [1.807, 2.05) is 13.0 Å². The first-order chi connectivity index (χ1) is 8.15. The molecule has 0 aromatic carbocycles. The Balaban J connectivity index is 2.13. The van der Waals surface area contributed by atoms with E-state index in [9.17, 15) is 4.79 Å². The number of amides is 1. The van der Waals surface area contributed by atoms with E-state index in [1.165, 1.54) is 19.8 Å². The Hall–Kier alpha value is -1.65. The van der Waals surface area contributed by atoms with Gasteiger partial charge in [0, 0.05) is 31.8 Å². The molecule has 1 fully saturated rings. The van der Waals surface area contributed by atoms with Gasteiger partial charge in [-0.05, 0) is 19.8 Å². The average Bonchev–Trinajstić information content (AvgIpc) is 2.79. The fourth-order valence-electron chi connectivity index (χ4n) is 2.00. The van der Waals surface area contributed by atoms with Crippen LogP contribution in [-0.4, -0.2) is 29.0 Å². The molecule has 1 aromatic rings. The minimum Gasteiger partial charge on any atom is -0.357 e. The Morgan fingerprint density at radius 2 is 2.12 bits per heavy atom. The zero-order chi connectivity index (χ0) is 12.3. The summed E-state index contributed by atoms with van der Waals surface area (Å²) in [5, 5.41) is 2.72.